The van der Waals surface area contributed by atoms with E-state index in [9.17, 15) is 0 Å². The topological polar surface area (TPSA) is 12.0 Å². The van der Waals surface area contributed by atoms with E-state index in [1.54, 1.807) is 6.07 Å². The Kier molecular flexibility index (Phi) is 3.82. The molecule has 0 saturated carbocycles. The third-order valence-corrected chi connectivity index (χ3v) is 2.68. The highest BCUT2D eigenvalue weighted by atomic mass is 35.5. The summed E-state index contributed by atoms with van der Waals surface area (Å²) in [5, 5.41) is 4.63. The molecular weight excluding hydrogens is 217 g/mol. The fourth-order valence-corrected chi connectivity index (χ4v) is 1.88. The number of hydrogen-bond acceptors (Lipinski definition) is 1. The average molecular weight is 232 g/mol. The second-order valence-corrected chi connectivity index (χ2v) is 4.96. The van der Waals surface area contributed by atoms with E-state index in [0.29, 0.717) is 10.0 Å². The van der Waals surface area contributed by atoms with Gasteiger partial charge in [0.1, 0.15) is 0 Å². The largest absolute Gasteiger partial charge is 0.314 e. The van der Waals surface area contributed by atoms with Crippen molar-refractivity contribution in [1.82, 2.24) is 5.32 Å². The monoisotopic (exact) mass is 231 g/mol. The van der Waals surface area contributed by atoms with Gasteiger partial charge >= 0.3 is 0 Å². The molecule has 0 fully saturated rings. The maximum absolute atomic E-state index is 5.92. The maximum atomic E-state index is 5.92. The van der Waals surface area contributed by atoms with E-state index in [1.807, 2.05) is 19.2 Å². The summed E-state index contributed by atoms with van der Waals surface area (Å²) >= 11 is 11.8. The summed E-state index contributed by atoms with van der Waals surface area (Å²) in [5.74, 6) is 0. The van der Waals surface area contributed by atoms with Crippen molar-refractivity contribution in [2.45, 2.75) is 25.8 Å². The minimum absolute atomic E-state index is 0.0635. The molecule has 0 amide bonds. The van der Waals surface area contributed by atoms with Crippen LogP contribution in [-0.2, 0) is 6.42 Å². The van der Waals surface area contributed by atoms with Gasteiger partial charge in [-0.3, -0.25) is 0 Å². The first kappa shape index (κ1) is 11.8. The molecule has 0 unspecified atom stereocenters. The van der Waals surface area contributed by atoms with Crippen LogP contribution in [0.15, 0.2) is 18.2 Å². The molecule has 0 aliphatic carbocycles. The van der Waals surface area contributed by atoms with Gasteiger partial charge in [-0.2, -0.15) is 0 Å². The van der Waals surface area contributed by atoms with Crippen LogP contribution < -0.4 is 5.32 Å². The molecule has 1 N–H and O–H groups in total. The van der Waals surface area contributed by atoms with Crippen LogP contribution in [0, 0.1) is 0 Å². The van der Waals surface area contributed by atoms with Gasteiger partial charge in [0, 0.05) is 15.6 Å². The van der Waals surface area contributed by atoms with E-state index >= 15 is 0 Å². The van der Waals surface area contributed by atoms with Crippen LogP contribution >= 0.6 is 23.2 Å². The van der Waals surface area contributed by atoms with Crippen LogP contribution in [0.4, 0.5) is 0 Å². The van der Waals surface area contributed by atoms with Crippen LogP contribution in [0.1, 0.15) is 19.4 Å². The number of nitrogens with one attached hydrogen (secondary N) is 1. The van der Waals surface area contributed by atoms with E-state index in [0.717, 1.165) is 12.0 Å². The summed E-state index contributed by atoms with van der Waals surface area (Å²) < 4.78 is 0. The van der Waals surface area contributed by atoms with Crippen LogP contribution in [0.5, 0.6) is 0 Å². The summed E-state index contributed by atoms with van der Waals surface area (Å²) in [4.78, 5) is 0. The molecular formula is C11H15Cl2N. The van der Waals surface area contributed by atoms with Crippen LogP contribution in [-0.4, -0.2) is 12.6 Å². The fourth-order valence-electron chi connectivity index (χ4n) is 1.31. The SMILES string of the molecule is CNC(C)(C)Cc1cc(Cl)cc(Cl)c1. The average Bonchev–Trinajstić information content (AvgIpc) is 2.01. The lowest BCUT2D eigenvalue weighted by Crippen LogP contribution is -2.38. The predicted molar refractivity (Wildman–Crippen MR) is 63.3 cm³/mol. The second kappa shape index (κ2) is 4.52. The van der Waals surface area contributed by atoms with Crippen molar-refractivity contribution in [2.75, 3.05) is 7.05 Å². The summed E-state index contributed by atoms with van der Waals surface area (Å²) in [6, 6.07) is 5.65. The molecule has 0 aliphatic heterocycles. The van der Waals surface area contributed by atoms with Crippen molar-refractivity contribution >= 4 is 23.2 Å². The van der Waals surface area contributed by atoms with Crippen molar-refractivity contribution in [3.05, 3.63) is 33.8 Å². The zero-order valence-electron chi connectivity index (χ0n) is 8.70. The zero-order chi connectivity index (χ0) is 10.8. The number of benzene rings is 1. The predicted octanol–water partition coefficient (Wildman–Crippen LogP) is 3.53. The minimum Gasteiger partial charge on any atom is -0.314 e. The van der Waals surface area contributed by atoms with Gasteiger partial charge < -0.3 is 5.32 Å². The van der Waals surface area contributed by atoms with E-state index in [2.05, 4.69) is 19.2 Å². The molecule has 1 nitrogen and oxygen atoms in total. The number of hydrogen-bond donors (Lipinski definition) is 1. The Hall–Kier alpha value is -0.240. The molecule has 0 aliphatic rings. The highest BCUT2D eigenvalue weighted by Gasteiger charge is 2.15. The molecule has 1 aromatic rings. The Bertz CT molecular complexity index is 301. The van der Waals surface area contributed by atoms with Crippen LogP contribution in [0.2, 0.25) is 10.0 Å². The molecule has 0 heterocycles. The van der Waals surface area contributed by atoms with Crippen molar-refractivity contribution in [1.29, 1.82) is 0 Å². The van der Waals surface area contributed by atoms with Gasteiger partial charge in [-0.25, -0.2) is 0 Å². The van der Waals surface area contributed by atoms with Gasteiger partial charge in [0.2, 0.25) is 0 Å². The van der Waals surface area contributed by atoms with E-state index in [1.165, 1.54) is 0 Å². The third kappa shape index (κ3) is 3.49. The summed E-state index contributed by atoms with van der Waals surface area (Å²) in [5.41, 5.74) is 1.22. The summed E-state index contributed by atoms with van der Waals surface area (Å²) in [6.07, 6.45) is 0.907. The molecule has 0 spiro atoms. The molecule has 0 radical (unpaired) electrons. The molecule has 3 heteroatoms. The third-order valence-electron chi connectivity index (χ3n) is 2.25. The molecule has 0 saturated heterocycles. The summed E-state index contributed by atoms with van der Waals surface area (Å²) in [7, 11) is 1.95. The number of rotatable bonds is 3. The lowest BCUT2D eigenvalue weighted by Gasteiger charge is -2.24. The highest BCUT2D eigenvalue weighted by Crippen LogP contribution is 2.22. The number of halogens is 2. The fraction of sp³-hybridized carbons (Fsp3) is 0.455. The first-order chi connectivity index (χ1) is 6.43. The minimum atomic E-state index is 0.0635. The zero-order valence-corrected chi connectivity index (χ0v) is 10.2. The normalized spacial score (nSPS) is 11.8. The molecule has 14 heavy (non-hydrogen) atoms. The van der Waals surface area contributed by atoms with Gasteiger partial charge in [0.15, 0.2) is 0 Å². The Morgan fingerprint density at radius 1 is 1.14 bits per heavy atom. The Balaban J connectivity index is 2.87. The Labute approximate surface area is 95.4 Å². The first-order valence-corrected chi connectivity index (χ1v) is 5.32. The molecule has 1 aromatic carbocycles. The van der Waals surface area contributed by atoms with E-state index < -0.39 is 0 Å². The molecule has 0 aromatic heterocycles. The van der Waals surface area contributed by atoms with Gasteiger partial charge in [0.25, 0.3) is 0 Å². The smallest absolute Gasteiger partial charge is 0.0423 e. The van der Waals surface area contributed by atoms with Crippen LogP contribution in [0.3, 0.4) is 0 Å². The quantitative estimate of drug-likeness (QED) is 0.840. The van der Waals surface area contributed by atoms with Crippen molar-refractivity contribution < 1.29 is 0 Å². The molecule has 1 rings (SSSR count). The molecule has 78 valence electrons. The van der Waals surface area contributed by atoms with Crippen molar-refractivity contribution in [2.24, 2.45) is 0 Å². The molecule has 0 atom stereocenters. The maximum Gasteiger partial charge on any atom is 0.0423 e. The highest BCUT2D eigenvalue weighted by molar-refractivity contribution is 6.34. The van der Waals surface area contributed by atoms with Crippen molar-refractivity contribution in [3.8, 4) is 0 Å². The first-order valence-electron chi connectivity index (χ1n) is 4.57. The van der Waals surface area contributed by atoms with Crippen LogP contribution in [0.25, 0.3) is 0 Å². The van der Waals surface area contributed by atoms with Gasteiger partial charge in [-0.1, -0.05) is 23.2 Å². The van der Waals surface area contributed by atoms with Gasteiger partial charge in [-0.15, -0.1) is 0 Å². The standard InChI is InChI=1S/C11H15Cl2N/c1-11(2,14-3)7-8-4-9(12)6-10(13)5-8/h4-6,14H,7H2,1-3H3. The second-order valence-electron chi connectivity index (χ2n) is 4.09. The van der Waals surface area contributed by atoms with E-state index in [-0.39, 0.29) is 5.54 Å². The number of likely N-dealkylation sites (N-methyl/N-ethyl adjacent to an activating group) is 1. The van der Waals surface area contributed by atoms with E-state index in [4.69, 9.17) is 23.2 Å². The van der Waals surface area contributed by atoms with Gasteiger partial charge in [-0.05, 0) is 51.1 Å². The lowest BCUT2D eigenvalue weighted by molar-refractivity contribution is 0.422. The van der Waals surface area contributed by atoms with Crippen molar-refractivity contribution in [3.63, 3.8) is 0 Å². The molecule has 0 bridgehead atoms. The van der Waals surface area contributed by atoms with Gasteiger partial charge in [0.05, 0.1) is 0 Å². The summed E-state index contributed by atoms with van der Waals surface area (Å²) in [6.45, 7) is 4.28. The Morgan fingerprint density at radius 2 is 1.64 bits per heavy atom. The Morgan fingerprint density at radius 3 is 2.07 bits per heavy atom. The lowest BCUT2D eigenvalue weighted by atomic mass is 9.95.